The Morgan fingerprint density at radius 1 is 1.33 bits per heavy atom. The number of ketones is 1. The third-order valence-electron chi connectivity index (χ3n) is 1.93. The number of carboxylic acid groups (broad SMARTS) is 1. The van der Waals surface area contributed by atoms with Gasteiger partial charge in [0, 0.05) is 5.41 Å². The third kappa shape index (κ3) is 2.06. The van der Waals surface area contributed by atoms with Crippen LogP contribution in [0.3, 0.4) is 0 Å². The highest BCUT2D eigenvalue weighted by molar-refractivity contribution is 6.04. The van der Waals surface area contributed by atoms with Crippen molar-refractivity contribution in [1.82, 2.24) is 5.16 Å². The molecule has 15 heavy (non-hydrogen) atoms. The average Bonchev–Trinajstić information content (AvgIpc) is 2.45. The predicted molar refractivity (Wildman–Crippen MR) is 52.2 cm³/mol. The second-order valence-corrected chi connectivity index (χ2v) is 4.35. The fourth-order valence-corrected chi connectivity index (χ4v) is 1.27. The van der Waals surface area contributed by atoms with Crippen LogP contribution in [0, 0.1) is 0 Å². The van der Waals surface area contributed by atoms with Gasteiger partial charge in [0.05, 0.1) is 5.56 Å². The van der Waals surface area contributed by atoms with E-state index in [4.69, 9.17) is 9.63 Å². The Morgan fingerprint density at radius 3 is 2.20 bits per heavy atom. The summed E-state index contributed by atoms with van der Waals surface area (Å²) in [5, 5.41) is 12.2. The van der Waals surface area contributed by atoms with Gasteiger partial charge in [-0.3, -0.25) is 4.79 Å². The molecule has 0 amide bonds. The SMILES string of the molecule is CC(=O)c1c(C(=O)O)noc1C(C)(C)C. The Morgan fingerprint density at radius 2 is 1.87 bits per heavy atom. The molecule has 5 heteroatoms. The molecule has 0 fully saturated rings. The number of Topliss-reactive ketones (excluding diaryl/α,β-unsaturated/α-hetero) is 1. The van der Waals surface area contributed by atoms with E-state index in [9.17, 15) is 9.59 Å². The Hall–Kier alpha value is -1.65. The van der Waals surface area contributed by atoms with Crippen LogP contribution in [0.15, 0.2) is 4.52 Å². The van der Waals surface area contributed by atoms with Crippen LogP contribution in [0.2, 0.25) is 0 Å². The highest BCUT2D eigenvalue weighted by atomic mass is 16.5. The number of carbonyl (C=O) groups excluding carboxylic acids is 1. The molecule has 1 heterocycles. The van der Waals surface area contributed by atoms with Crippen LogP contribution in [0.1, 0.15) is 54.3 Å². The molecular weight excluding hydrogens is 198 g/mol. The van der Waals surface area contributed by atoms with E-state index in [0.717, 1.165) is 0 Å². The van der Waals surface area contributed by atoms with Gasteiger partial charge in [0.15, 0.2) is 11.5 Å². The van der Waals surface area contributed by atoms with Crippen molar-refractivity contribution in [2.45, 2.75) is 33.1 Å². The minimum absolute atomic E-state index is 0.0648. The fourth-order valence-electron chi connectivity index (χ4n) is 1.27. The topological polar surface area (TPSA) is 80.4 Å². The lowest BCUT2D eigenvalue weighted by molar-refractivity contribution is 0.0681. The van der Waals surface area contributed by atoms with Crippen molar-refractivity contribution in [3.8, 4) is 0 Å². The van der Waals surface area contributed by atoms with Crippen LogP contribution in [-0.4, -0.2) is 22.0 Å². The van der Waals surface area contributed by atoms with E-state index in [1.54, 1.807) is 0 Å². The zero-order chi connectivity index (χ0) is 11.8. The number of nitrogens with zero attached hydrogens (tertiary/aromatic N) is 1. The van der Waals surface area contributed by atoms with Gasteiger partial charge in [-0.1, -0.05) is 25.9 Å². The molecule has 1 N–H and O–H groups in total. The standard InChI is InChI=1S/C10H13NO4/c1-5(12)6-7(9(13)14)11-15-8(6)10(2,3)4/h1-4H3,(H,13,14). The summed E-state index contributed by atoms with van der Waals surface area (Å²) in [7, 11) is 0. The second-order valence-electron chi connectivity index (χ2n) is 4.35. The van der Waals surface area contributed by atoms with Crippen molar-refractivity contribution in [1.29, 1.82) is 0 Å². The minimum atomic E-state index is -1.25. The smallest absolute Gasteiger partial charge is 0.358 e. The molecule has 0 saturated carbocycles. The van der Waals surface area contributed by atoms with E-state index in [-0.39, 0.29) is 17.0 Å². The monoisotopic (exact) mass is 211 g/mol. The number of aromatic carboxylic acids is 1. The molecule has 5 nitrogen and oxygen atoms in total. The summed E-state index contributed by atoms with van der Waals surface area (Å²) >= 11 is 0. The molecule has 0 aromatic carbocycles. The van der Waals surface area contributed by atoms with Gasteiger partial charge in [0.1, 0.15) is 0 Å². The van der Waals surface area contributed by atoms with Gasteiger partial charge < -0.3 is 9.63 Å². The van der Waals surface area contributed by atoms with E-state index in [0.29, 0.717) is 5.76 Å². The maximum absolute atomic E-state index is 11.3. The molecule has 1 aromatic heterocycles. The Labute approximate surface area is 87.1 Å². The van der Waals surface area contributed by atoms with Gasteiger partial charge in [-0.05, 0) is 6.92 Å². The van der Waals surface area contributed by atoms with Gasteiger partial charge in [-0.25, -0.2) is 4.79 Å². The minimum Gasteiger partial charge on any atom is -0.476 e. The molecule has 0 atom stereocenters. The number of carbonyl (C=O) groups is 2. The molecule has 0 bridgehead atoms. The van der Waals surface area contributed by atoms with Crippen LogP contribution < -0.4 is 0 Å². The molecule has 82 valence electrons. The molecule has 0 aliphatic carbocycles. The number of carboxylic acids is 1. The lowest BCUT2D eigenvalue weighted by atomic mass is 9.88. The van der Waals surface area contributed by atoms with Gasteiger partial charge in [0.25, 0.3) is 0 Å². The zero-order valence-corrected chi connectivity index (χ0v) is 9.12. The van der Waals surface area contributed by atoms with Crippen molar-refractivity contribution in [2.75, 3.05) is 0 Å². The molecule has 1 aromatic rings. The second kappa shape index (κ2) is 3.49. The van der Waals surface area contributed by atoms with Gasteiger partial charge >= 0.3 is 5.97 Å². The average molecular weight is 211 g/mol. The predicted octanol–water partition coefficient (Wildman–Crippen LogP) is 1.87. The van der Waals surface area contributed by atoms with Crippen molar-refractivity contribution in [3.63, 3.8) is 0 Å². The summed E-state index contributed by atoms with van der Waals surface area (Å²) in [5.41, 5.74) is -0.691. The summed E-state index contributed by atoms with van der Waals surface area (Å²) < 4.78 is 4.93. The molecule has 0 spiro atoms. The summed E-state index contributed by atoms with van der Waals surface area (Å²) in [6.07, 6.45) is 0. The van der Waals surface area contributed by atoms with Gasteiger partial charge in [0.2, 0.25) is 5.69 Å². The first-order valence-corrected chi connectivity index (χ1v) is 4.49. The maximum Gasteiger partial charge on any atom is 0.358 e. The largest absolute Gasteiger partial charge is 0.476 e. The Kier molecular flexibility index (Phi) is 2.66. The number of hydrogen-bond donors (Lipinski definition) is 1. The van der Waals surface area contributed by atoms with Crippen molar-refractivity contribution >= 4 is 11.8 Å². The van der Waals surface area contributed by atoms with Crippen LogP contribution in [-0.2, 0) is 5.41 Å². The van der Waals surface area contributed by atoms with Crippen LogP contribution >= 0.6 is 0 Å². The first-order chi connectivity index (χ1) is 6.75. The highest BCUT2D eigenvalue weighted by Crippen LogP contribution is 2.28. The van der Waals surface area contributed by atoms with Crippen LogP contribution in [0.4, 0.5) is 0 Å². The van der Waals surface area contributed by atoms with Crippen molar-refractivity contribution in [3.05, 3.63) is 17.0 Å². The van der Waals surface area contributed by atoms with Gasteiger partial charge in [-0.2, -0.15) is 0 Å². The van der Waals surface area contributed by atoms with Crippen LogP contribution in [0.25, 0.3) is 0 Å². The fraction of sp³-hybridized carbons (Fsp3) is 0.500. The maximum atomic E-state index is 11.3. The lowest BCUT2D eigenvalue weighted by Gasteiger charge is -2.14. The first-order valence-electron chi connectivity index (χ1n) is 4.49. The normalized spacial score (nSPS) is 11.5. The molecule has 0 saturated heterocycles. The number of hydrogen-bond acceptors (Lipinski definition) is 4. The molecular formula is C10H13NO4. The van der Waals surface area contributed by atoms with E-state index in [1.807, 2.05) is 20.8 Å². The molecule has 0 unspecified atom stereocenters. The lowest BCUT2D eigenvalue weighted by Crippen LogP contribution is -2.15. The molecule has 1 rings (SSSR count). The summed E-state index contributed by atoms with van der Waals surface area (Å²) in [5.74, 6) is -1.29. The van der Waals surface area contributed by atoms with E-state index in [1.165, 1.54) is 6.92 Å². The van der Waals surface area contributed by atoms with E-state index in [2.05, 4.69) is 5.16 Å². The van der Waals surface area contributed by atoms with Crippen molar-refractivity contribution < 1.29 is 19.2 Å². The van der Waals surface area contributed by atoms with Crippen molar-refractivity contribution in [2.24, 2.45) is 0 Å². The molecule has 0 aliphatic rings. The zero-order valence-electron chi connectivity index (χ0n) is 9.12. The third-order valence-corrected chi connectivity index (χ3v) is 1.93. The summed E-state index contributed by atoms with van der Waals surface area (Å²) in [4.78, 5) is 22.1. The molecule has 0 aliphatic heterocycles. The van der Waals surface area contributed by atoms with E-state index < -0.39 is 11.4 Å². The van der Waals surface area contributed by atoms with Crippen LogP contribution in [0.5, 0.6) is 0 Å². The number of rotatable bonds is 2. The number of aromatic nitrogens is 1. The molecule has 0 radical (unpaired) electrons. The Bertz CT molecular complexity index is 412. The van der Waals surface area contributed by atoms with Gasteiger partial charge in [-0.15, -0.1) is 0 Å². The first kappa shape index (κ1) is 11.4. The summed E-state index contributed by atoms with van der Waals surface area (Å²) in [6.45, 7) is 6.77. The quantitative estimate of drug-likeness (QED) is 0.755. The summed E-state index contributed by atoms with van der Waals surface area (Å²) in [6, 6.07) is 0. The highest BCUT2D eigenvalue weighted by Gasteiger charge is 2.31. The Balaban J connectivity index is 3.44. The van der Waals surface area contributed by atoms with E-state index >= 15 is 0 Å².